The highest BCUT2D eigenvalue weighted by molar-refractivity contribution is 8.26. The molecule has 1 amide bonds. The Hall–Kier alpha value is -3.30. The number of amidine groups is 2. The first-order valence-electron chi connectivity index (χ1n) is 10.6. The lowest BCUT2D eigenvalue weighted by molar-refractivity contribution is -0.114. The van der Waals surface area contributed by atoms with E-state index in [1.54, 1.807) is 37.3 Å². The highest BCUT2D eigenvalue weighted by atomic mass is 35.5. The summed E-state index contributed by atoms with van der Waals surface area (Å²) >= 11 is 7.31. The number of carbonyl (C=O) groups excluding carboxylic acids is 1. The van der Waals surface area contributed by atoms with Crippen LogP contribution in [0.2, 0.25) is 5.02 Å². The molecule has 0 saturated heterocycles. The fraction of sp³-hybridized carbons (Fsp3) is 0.250. The average molecular weight is 499 g/mol. The largest absolute Gasteiger partial charge is 0.490 e. The fourth-order valence-electron chi connectivity index (χ4n) is 3.27. The van der Waals surface area contributed by atoms with Crippen LogP contribution in [0.5, 0.6) is 17.2 Å². The van der Waals surface area contributed by atoms with Gasteiger partial charge in [0.2, 0.25) is 5.17 Å². The number of aliphatic imine (C=N–C) groups is 1. The summed E-state index contributed by atoms with van der Waals surface area (Å²) in [6.07, 6.45) is 1.61. The number of aryl methyl sites for hydroxylation is 1. The first-order chi connectivity index (χ1) is 16.4. The van der Waals surface area contributed by atoms with Crippen LogP contribution in [-0.2, 0) is 4.79 Å². The molecule has 0 aliphatic carbocycles. The van der Waals surface area contributed by atoms with Crippen LogP contribution < -0.4 is 14.2 Å². The Morgan fingerprint density at radius 1 is 1.09 bits per heavy atom. The maximum atomic E-state index is 12.5. The molecule has 4 rings (SSSR count). The lowest BCUT2D eigenvalue weighted by atomic mass is 10.1. The number of nitrogens with zero attached hydrogens (tertiary/aromatic N) is 3. The Morgan fingerprint density at radius 2 is 1.88 bits per heavy atom. The number of halogens is 1. The lowest BCUT2D eigenvalue weighted by Gasteiger charge is -2.20. The van der Waals surface area contributed by atoms with E-state index in [1.165, 1.54) is 16.8 Å². The molecule has 2 aromatic carbocycles. The second-order valence-corrected chi connectivity index (χ2v) is 8.95. The molecular formula is C24H23ClN4O4S. The van der Waals surface area contributed by atoms with E-state index in [0.29, 0.717) is 47.1 Å². The Balaban J connectivity index is 1.45. The molecule has 1 N–H and O–H groups in total. The third-order valence-corrected chi connectivity index (χ3v) is 6.12. The van der Waals surface area contributed by atoms with Crippen molar-refractivity contribution >= 4 is 51.4 Å². The third-order valence-electron chi connectivity index (χ3n) is 4.87. The number of rotatable bonds is 8. The van der Waals surface area contributed by atoms with Crippen molar-refractivity contribution in [2.75, 3.05) is 19.8 Å². The Labute approximate surface area is 206 Å². The van der Waals surface area contributed by atoms with Crippen molar-refractivity contribution < 1.29 is 19.0 Å². The maximum absolute atomic E-state index is 12.5. The van der Waals surface area contributed by atoms with E-state index in [1.807, 2.05) is 26.0 Å². The number of fused-ring (bicyclic) bond motifs is 1. The van der Waals surface area contributed by atoms with Crippen LogP contribution in [0.25, 0.3) is 6.08 Å². The number of nitrogens with one attached hydrogen (secondary N) is 1. The number of amides is 1. The first kappa shape index (κ1) is 23.8. The number of hydrogen-bond acceptors (Lipinski definition) is 7. The van der Waals surface area contributed by atoms with Gasteiger partial charge in [0.1, 0.15) is 19.0 Å². The summed E-state index contributed by atoms with van der Waals surface area (Å²) in [6, 6.07) is 10.8. The van der Waals surface area contributed by atoms with Crippen LogP contribution in [0.4, 0.5) is 0 Å². The van der Waals surface area contributed by atoms with E-state index >= 15 is 0 Å². The molecule has 0 atom stereocenters. The van der Waals surface area contributed by atoms with E-state index in [-0.39, 0.29) is 11.4 Å². The smallest absolute Gasteiger partial charge is 0.283 e. The van der Waals surface area contributed by atoms with Crippen LogP contribution in [0.1, 0.15) is 25.0 Å². The second-order valence-electron chi connectivity index (χ2n) is 7.39. The van der Waals surface area contributed by atoms with Crippen molar-refractivity contribution in [3.05, 3.63) is 58.1 Å². The van der Waals surface area contributed by atoms with Crippen LogP contribution in [0.15, 0.2) is 52.1 Å². The van der Waals surface area contributed by atoms with Gasteiger partial charge in [-0.15, -0.1) is 0 Å². The van der Waals surface area contributed by atoms with Crippen molar-refractivity contribution in [3.63, 3.8) is 0 Å². The van der Waals surface area contributed by atoms with E-state index in [4.69, 9.17) is 31.2 Å². The van der Waals surface area contributed by atoms with E-state index in [0.717, 1.165) is 16.4 Å². The molecule has 2 aliphatic heterocycles. The number of benzene rings is 2. The van der Waals surface area contributed by atoms with Gasteiger partial charge in [0.25, 0.3) is 5.91 Å². The average Bonchev–Trinajstić information content (AvgIpc) is 3.18. The molecule has 176 valence electrons. The van der Waals surface area contributed by atoms with Crippen LogP contribution in [-0.4, -0.2) is 46.8 Å². The predicted octanol–water partition coefficient (Wildman–Crippen LogP) is 5.14. The molecule has 0 saturated carbocycles. The molecule has 0 spiro atoms. The summed E-state index contributed by atoms with van der Waals surface area (Å²) in [6.45, 7) is 6.70. The Bertz CT molecular complexity index is 1240. The summed E-state index contributed by atoms with van der Waals surface area (Å²) in [7, 11) is 0. The predicted molar refractivity (Wildman–Crippen MR) is 135 cm³/mol. The summed E-state index contributed by atoms with van der Waals surface area (Å²) in [5, 5.41) is 15.8. The zero-order chi connectivity index (χ0) is 24.2. The van der Waals surface area contributed by atoms with Gasteiger partial charge in [-0.05, 0) is 80.1 Å². The van der Waals surface area contributed by atoms with Crippen molar-refractivity contribution in [1.82, 2.24) is 5.01 Å². The molecular weight excluding hydrogens is 476 g/mol. The standard InChI is InChI=1S/C24H23ClN4O4S/c1-4-31-21-13-16(12-18-22(26)29-24(27-23(18)30)34-15(3)28-29)5-8-20(21)33-10-9-32-17-6-7-19(25)14(2)11-17/h5-8,11-13,26H,4,9-10H2,1-3H3/b18-12+,26-22?. The summed E-state index contributed by atoms with van der Waals surface area (Å²) in [4.78, 5) is 16.6. The molecule has 8 nitrogen and oxygen atoms in total. The molecule has 2 aliphatic rings. The van der Waals surface area contributed by atoms with Gasteiger partial charge in [0.15, 0.2) is 17.3 Å². The molecule has 34 heavy (non-hydrogen) atoms. The minimum atomic E-state index is -0.471. The molecule has 10 heteroatoms. The molecule has 0 bridgehead atoms. The fourth-order valence-corrected chi connectivity index (χ4v) is 4.13. The van der Waals surface area contributed by atoms with Crippen LogP contribution in [0.3, 0.4) is 0 Å². The van der Waals surface area contributed by atoms with E-state index < -0.39 is 5.91 Å². The highest BCUT2D eigenvalue weighted by Gasteiger charge is 2.34. The van der Waals surface area contributed by atoms with Crippen LogP contribution >= 0.6 is 23.4 Å². The normalized spacial score (nSPS) is 16.4. The van der Waals surface area contributed by atoms with Crippen LogP contribution in [0, 0.1) is 12.3 Å². The molecule has 0 unspecified atom stereocenters. The number of ether oxygens (including phenoxy) is 3. The molecule has 0 aromatic heterocycles. The maximum Gasteiger partial charge on any atom is 0.283 e. The molecule has 2 aromatic rings. The monoisotopic (exact) mass is 498 g/mol. The van der Waals surface area contributed by atoms with Gasteiger partial charge in [-0.2, -0.15) is 15.1 Å². The summed E-state index contributed by atoms with van der Waals surface area (Å²) in [5.74, 6) is 1.33. The van der Waals surface area contributed by atoms with Gasteiger partial charge in [-0.1, -0.05) is 17.7 Å². The van der Waals surface area contributed by atoms with Gasteiger partial charge >= 0.3 is 0 Å². The zero-order valence-electron chi connectivity index (χ0n) is 18.9. The summed E-state index contributed by atoms with van der Waals surface area (Å²) < 4.78 is 17.3. The Kier molecular flexibility index (Phi) is 7.23. The van der Waals surface area contributed by atoms with Crippen molar-refractivity contribution in [1.29, 1.82) is 5.41 Å². The quantitative estimate of drug-likeness (QED) is 0.399. The second kappa shape index (κ2) is 10.3. The lowest BCUT2D eigenvalue weighted by Crippen LogP contribution is -2.35. The van der Waals surface area contributed by atoms with Gasteiger partial charge in [0.05, 0.1) is 17.2 Å². The number of thioether (sulfide) groups is 1. The number of carbonyl (C=O) groups is 1. The van der Waals surface area contributed by atoms with Crippen molar-refractivity contribution in [2.24, 2.45) is 10.1 Å². The zero-order valence-corrected chi connectivity index (χ0v) is 20.5. The molecule has 0 radical (unpaired) electrons. The highest BCUT2D eigenvalue weighted by Crippen LogP contribution is 2.32. The minimum Gasteiger partial charge on any atom is -0.490 e. The number of hydrogen-bond donors (Lipinski definition) is 1. The van der Waals surface area contributed by atoms with E-state index in [9.17, 15) is 4.79 Å². The number of hydrazone groups is 1. The summed E-state index contributed by atoms with van der Waals surface area (Å²) in [5.41, 5.74) is 1.79. The SMILES string of the molecule is CCOc1cc(/C=C2\C(=N)N3N=C(C)SC3=NC2=O)ccc1OCCOc1ccc(Cl)c(C)c1. The van der Waals surface area contributed by atoms with Gasteiger partial charge < -0.3 is 14.2 Å². The van der Waals surface area contributed by atoms with Crippen molar-refractivity contribution in [2.45, 2.75) is 20.8 Å². The molecule has 2 heterocycles. The molecule has 0 fully saturated rings. The first-order valence-corrected chi connectivity index (χ1v) is 11.8. The minimum absolute atomic E-state index is 0.00720. The van der Waals surface area contributed by atoms with Crippen molar-refractivity contribution in [3.8, 4) is 17.2 Å². The third kappa shape index (κ3) is 5.26. The topological polar surface area (TPSA) is 96.6 Å². The van der Waals surface area contributed by atoms with E-state index in [2.05, 4.69) is 10.1 Å². The van der Waals surface area contributed by atoms with Gasteiger partial charge in [0, 0.05) is 5.02 Å². The van der Waals surface area contributed by atoms with Gasteiger partial charge in [-0.25, -0.2) is 0 Å². The van der Waals surface area contributed by atoms with Gasteiger partial charge in [-0.3, -0.25) is 10.2 Å². The Morgan fingerprint density at radius 3 is 2.65 bits per heavy atom.